The fourth-order valence-corrected chi connectivity index (χ4v) is 14.8. The zero-order chi connectivity index (χ0) is 17.6. The highest BCUT2D eigenvalue weighted by atomic mass is 32.3. The van der Waals surface area contributed by atoms with Crippen molar-refractivity contribution in [3.8, 4) is 0 Å². The molecule has 0 amide bonds. The lowest BCUT2D eigenvalue weighted by molar-refractivity contribution is 1.77. The number of rotatable bonds is 8. The van der Waals surface area contributed by atoms with Crippen molar-refractivity contribution in [2.45, 2.75) is 6.92 Å². The Hall–Kier alpha value is 1.94. The van der Waals surface area contributed by atoms with Gasteiger partial charge in [0.05, 0.1) is 16.9 Å². The molecule has 0 aromatic rings. The quantitative estimate of drug-likeness (QED) is 0.285. The minimum Gasteiger partial charge on any atom is -0.107 e. The first-order valence-electron chi connectivity index (χ1n) is 6.88. The van der Waals surface area contributed by atoms with Gasteiger partial charge in [-0.1, -0.05) is 89.8 Å². The molecular weight excluding hydrogens is 501 g/mol. The summed E-state index contributed by atoms with van der Waals surface area (Å²) < 4.78 is 9.37. The molecule has 3 heterocycles. The van der Waals surface area contributed by atoms with Gasteiger partial charge in [0.25, 0.3) is 0 Å². The maximum absolute atomic E-state index is 4.14. The van der Waals surface area contributed by atoms with Crippen LogP contribution < -0.4 is 0 Å². The van der Waals surface area contributed by atoms with Crippen molar-refractivity contribution in [3.63, 3.8) is 0 Å². The maximum Gasteiger partial charge on any atom is 0.0668 e. The van der Waals surface area contributed by atoms with E-state index in [4.69, 9.17) is 0 Å². The van der Waals surface area contributed by atoms with Crippen LogP contribution in [0.25, 0.3) is 0 Å². The molecule has 3 rings (SSSR count). The summed E-state index contributed by atoms with van der Waals surface area (Å²) in [7, 11) is 0. The second-order valence-electron chi connectivity index (χ2n) is 4.26. The monoisotopic (exact) mass is 514 g/mol. The van der Waals surface area contributed by atoms with Crippen molar-refractivity contribution >= 4 is 118 Å². The van der Waals surface area contributed by atoms with Crippen LogP contribution in [0.15, 0.2) is 59.7 Å². The number of hydrogen-bond donors (Lipinski definition) is 0. The minimum atomic E-state index is 1.04. The van der Waals surface area contributed by atoms with E-state index >= 15 is 0 Å². The van der Waals surface area contributed by atoms with Gasteiger partial charge in [0.15, 0.2) is 0 Å². The molecule has 0 fully saturated rings. The largest absolute Gasteiger partial charge is 0.107 e. The molecule has 0 radical (unpaired) electrons. The maximum atomic E-state index is 4.14. The topological polar surface area (TPSA) is 0 Å². The van der Waals surface area contributed by atoms with E-state index < -0.39 is 0 Å². The first-order chi connectivity index (χ1) is 12.1. The first-order valence-corrected chi connectivity index (χ1v) is 15.9. The van der Waals surface area contributed by atoms with Crippen molar-refractivity contribution in [2.24, 2.45) is 0 Å². The van der Waals surface area contributed by atoms with Gasteiger partial charge in [0.2, 0.25) is 0 Å². The fraction of sp³-hybridized carbons (Fsp3) is 0.200. The van der Waals surface area contributed by atoms with Crippen LogP contribution >= 0.6 is 118 Å². The van der Waals surface area contributed by atoms with Crippen molar-refractivity contribution in [1.82, 2.24) is 0 Å². The smallest absolute Gasteiger partial charge is 0.0668 e. The predicted octanol–water partition coefficient (Wildman–Crippen LogP) is 9.80. The lowest BCUT2D eigenvalue weighted by atomic mass is 10.8. The summed E-state index contributed by atoms with van der Waals surface area (Å²) in [5, 5.41) is 6.57. The zero-order valence-corrected chi connectivity index (χ0v) is 21.3. The van der Waals surface area contributed by atoms with E-state index in [1.807, 2.05) is 94.1 Å². The highest BCUT2D eigenvalue weighted by molar-refractivity contribution is 8.44. The van der Waals surface area contributed by atoms with Crippen molar-refractivity contribution in [3.05, 3.63) is 59.7 Å². The molecule has 0 aromatic heterocycles. The Kier molecular flexibility index (Phi) is 9.70. The van der Waals surface area contributed by atoms with E-state index in [2.05, 4.69) is 37.0 Å². The van der Waals surface area contributed by atoms with Gasteiger partial charge in [0, 0.05) is 22.9 Å². The Labute approximate surface area is 192 Å². The van der Waals surface area contributed by atoms with E-state index in [1.165, 1.54) is 29.7 Å². The predicted molar refractivity (Wildman–Crippen MR) is 141 cm³/mol. The van der Waals surface area contributed by atoms with Gasteiger partial charge >= 0.3 is 0 Å². The van der Waals surface area contributed by atoms with E-state index in [0.29, 0.717) is 0 Å². The van der Waals surface area contributed by atoms with E-state index in [0.717, 1.165) is 10.2 Å². The first kappa shape index (κ1) is 21.6. The number of thioether (sulfide) groups is 10. The van der Waals surface area contributed by atoms with Gasteiger partial charge in [-0.2, -0.15) is 0 Å². The van der Waals surface area contributed by atoms with Crippen LogP contribution in [0.4, 0.5) is 0 Å². The lowest BCUT2D eigenvalue weighted by Gasteiger charge is -2.05. The molecule has 134 valence electrons. The summed E-state index contributed by atoms with van der Waals surface area (Å²) in [6.45, 7) is 10.2. The molecule has 0 aliphatic carbocycles. The molecule has 3 aliphatic rings. The summed E-state index contributed by atoms with van der Waals surface area (Å²) in [4.78, 5) is 0. The Bertz CT molecular complexity index is 684. The van der Waals surface area contributed by atoms with Gasteiger partial charge < -0.3 is 0 Å². The van der Waals surface area contributed by atoms with Crippen molar-refractivity contribution in [1.29, 1.82) is 0 Å². The van der Waals surface area contributed by atoms with Gasteiger partial charge in [0.1, 0.15) is 0 Å². The van der Waals surface area contributed by atoms with Crippen molar-refractivity contribution in [2.75, 3.05) is 10.2 Å². The Balaban J connectivity index is 1.43. The summed E-state index contributed by atoms with van der Waals surface area (Å²) in [6.07, 6.45) is 2.18. The van der Waals surface area contributed by atoms with Crippen LogP contribution in [0.5, 0.6) is 0 Å². The van der Waals surface area contributed by atoms with E-state index in [1.54, 1.807) is 23.5 Å². The number of allylic oxidation sites excluding steroid dienone is 1. The highest BCUT2D eigenvalue weighted by Crippen LogP contribution is 2.59. The van der Waals surface area contributed by atoms with Crippen LogP contribution in [-0.2, 0) is 0 Å². The Morgan fingerprint density at radius 1 is 0.800 bits per heavy atom. The summed E-state index contributed by atoms with van der Waals surface area (Å²) >= 11 is 18.6. The molecule has 0 N–H and O–H groups in total. The van der Waals surface area contributed by atoms with Crippen LogP contribution in [0.3, 0.4) is 0 Å². The number of hydrogen-bond acceptors (Lipinski definition) is 10. The average molecular weight is 515 g/mol. The van der Waals surface area contributed by atoms with Gasteiger partial charge in [-0.25, -0.2) is 0 Å². The lowest BCUT2D eigenvalue weighted by Crippen LogP contribution is -1.76. The second kappa shape index (κ2) is 11.2. The molecular formula is C15H14S10. The molecule has 10 heteroatoms. The minimum absolute atomic E-state index is 1.04. The summed E-state index contributed by atoms with van der Waals surface area (Å²) in [6, 6.07) is 0. The highest BCUT2D eigenvalue weighted by Gasteiger charge is 2.22. The molecule has 3 aliphatic heterocycles. The third kappa shape index (κ3) is 7.04. The summed E-state index contributed by atoms with van der Waals surface area (Å²) in [5.74, 6) is 0. The van der Waals surface area contributed by atoms with Gasteiger partial charge in [-0.15, -0.1) is 47.0 Å². The molecule has 0 aromatic carbocycles. The standard InChI is InChI=1S/C15H14S10/c1-4-11-17-6-13(25-11)19-8-21-15-14(23-10(3)24-15)20-7-18-12-5-16-9(2)22-12/h4-6H,2-3,7-8H2,1H3/b11-4+. The second-order valence-corrected chi connectivity index (χ2v) is 17.1. The van der Waals surface area contributed by atoms with Crippen LogP contribution in [0.2, 0.25) is 0 Å². The van der Waals surface area contributed by atoms with Crippen LogP contribution in [0.1, 0.15) is 6.92 Å². The fourth-order valence-electron chi connectivity index (χ4n) is 1.55. The molecule has 0 saturated carbocycles. The van der Waals surface area contributed by atoms with Gasteiger partial charge in [-0.3, -0.25) is 0 Å². The molecule has 0 nitrogen and oxygen atoms in total. The van der Waals surface area contributed by atoms with Crippen LogP contribution in [-0.4, -0.2) is 10.2 Å². The Morgan fingerprint density at radius 3 is 1.92 bits per heavy atom. The van der Waals surface area contributed by atoms with Gasteiger partial charge in [-0.05, 0) is 17.7 Å². The molecule has 0 saturated heterocycles. The molecule has 0 atom stereocenters. The molecule has 0 spiro atoms. The molecule has 0 bridgehead atoms. The SMILES string of the molecule is C=C1SC=C(SCSC2=C(SCSC3=CS/C(=C\C)S3)SC(=C)S2)S1. The Morgan fingerprint density at radius 2 is 1.40 bits per heavy atom. The average Bonchev–Trinajstić information content (AvgIpc) is 3.29. The van der Waals surface area contributed by atoms with E-state index in [-0.39, 0.29) is 0 Å². The molecule has 25 heavy (non-hydrogen) atoms. The zero-order valence-electron chi connectivity index (χ0n) is 13.1. The third-order valence-corrected chi connectivity index (χ3v) is 15.3. The third-order valence-electron chi connectivity index (χ3n) is 2.57. The molecule has 0 unspecified atom stereocenters. The normalized spacial score (nSPS) is 22.4. The van der Waals surface area contributed by atoms with Crippen molar-refractivity contribution < 1.29 is 0 Å². The summed E-state index contributed by atoms with van der Waals surface area (Å²) in [5.41, 5.74) is 0. The van der Waals surface area contributed by atoms with Crippen LogP contribution in [0, 0.1) is 0 Å². The van der Waals surface area contributed by atoms with E-state index in [9.17, 15) is 0 Å².